The Kier molecular flexibility index (Phi) is 9.34. The lowest BCUT2D eigenvalue weighted by molar-refractivity contribution is -0.122. The Morgan fingerprint density at radius 1 is 1.14 bits per heavy atom. The molecule has 1 unspecified atom stereocenters. The highest BCUT2D eigenvalue weighted by Crippen LogP contribution is 2.29. The molecular formula is C29H23Cl2N11O2. The fourth-order valence-electron chi connectivity index (χ4n) is 4.13. The van der Waals surface area contributed by atoms with Crippen molar-refractivity contribution in [2.45, 2.75) is 25.9 Å². The quantitative estimate of drug-likeness (QED) is 0.193. The molecule has 0 bridgehead atoms. The molecule has 3 aromatic heterocycles. The molecule has 0 saturated carbocycles. The van der Waals surface area contributed by atoms with Gasteiger partial charge in [0.05, 0.1) is 53.9 Å². The van der Waals surface area contributed by atoms with Crippen LogP contribution in [0.3, 0.4) is 0 Å². The van der Waals surface area contributed by atoms with Gasteiger partial charge in [-0.1, -0.05) is 35.3 Å². The van der Waals surface area contributed by atoms with Gasteiger partial charge in [-0.3, -0.25) is 19.6 Å². The number of nitriles is 1. The average molecular weight is 628 g/mol. The largest absolute Gasteiger partial charge is 0.350 e. The molecule has 13 nitrogen and oxygen atoms in total. The molecule has 2 aromatic carbocycles. The first-order chi connectivity index (χ1) is 21.3. The molecule has 0 saturated heterocycles. The van der Waals surface area contributed by atoms with Crippen LogP contribution in [0.15, 0.2) is 67.3 Å². The third-order valence-corrected chi connectivity index (χ3v) is 6.81. The summed E-state index contributed by atoms with van der Waals surface area (Å²) in [6.45, 7) is 1.97. The third kappa shape index (κ3) is 7.49. The van der Waals surface area contributed by atoms with Gasteiger partial charge in [0.25, 0.3) is 0 Å². The zero-order valence-corrected chi connectivity index (χ0v) is 24.6. The fourth-order valence-corrected chi connectivity index (χ4v) is 4.55. The second-order valence-corrected chi connectivity index (χ2v) is 10.3. The highest BCUT2D eigenvalue weighted by Gasteiger charge is 2.23. The summed E-state index contributed by atoms with van der Waals surface area (Å²) in [4.78, 5) is 42.2. The van der Waals surface area contributed by atoms with Crippen molar-refractivity contribution >= 4 is 41.1 Å². The van der Waals surface area contributed by atoms with E-state index in [9.17, 15) is 9.59 Å². The van der Waals surface area contributed by atoms with Crippen molar-refractivity contribution in [3.05, 3.63) is 106 Å². The summed E-state index contributed by atoms with van der Waals surface area (Å²) < 4.78 is 1.44. The topological polar surface area (TPSA) is 180 Å². The van der Waals surface area contributed by atoms with Crippen LogP contribution in [0, 0.1) is 18.3 Å². The smallest absolute Gasteiger partial charge is 0.244 e. The second-order valence-electron chi connectivity index (χ2n) is 9.46. The highest BCUT2D eigenvalue weighted by molar-refractivity contribution is 6.32. The van der Waals surface area contributed by atoms with Gasteiger partial charge in [0.15, 0.2) is 0 Å². The first kappa shape index (κ1) is 30.0. The molecular weight excluding hydrogens is 605 g/mol. The molecule has 3 N–H and O–H groups in total. The normalized spacial score (nSPS) is 11.7. The third-order valence-electron chi connectivity index (χ3n) is 6.30. The lowest BCUT2D eigenvalue weighted by Gasteiger charge is -2.16. The molecule has 2 amide bonds. The molecule has 0 aliphatic heterocycles. The Labute approximate surface area is 261 Å². The molecule has 0 spiro atoms. The number of carbonyl (C=O) groups excluding carboxylic acids is 2. The van der Waals surface area contributed by atoms with Gasteiger partial charge in [-0.05, 0) is 53.8 Å². The molecule has 44 heavy (non-hydrogen) atoms. The minimum absolute atomic E-state index is 0.150. The first-order valence-corrected chi connectivity index (χ1v) is 13.9. The predicted octanol–water partition coefficient (Wildman–Crippen LogP) is 3.91. The summed E-state index contributed by atoms with van der Waals surface area (Å²) in [6, 6.07) is 12.9. The maximum Gasteiger partial charge on any atom is 0.244 e. The van der Waals surface area contributed by atoms with Gasteiger partial charge in [-0.2, -0.15) is 9.94 Å². The summed E-state index contributed by atoms with van der Waals surface area (Å²) in [5.41, 5.74) is 4.06. The summed E-state index contributed by atoms with van der Waals surface area (Å²) in [7, 11) is 0. The Hall–Kier alpha value is -5.45. The molecule has 15 heteroatoms. The van der Waals surface area contributed by atoms with Crippen LogP contribution in [0.1, 0.15) is 40.8 Å². The summed E-state index contributed by atoms with van der Waals surface area (Å²) >= 11 is 12.7. The highest BCUT2D eigenvalue weighted by atomic mass is 35.5. The van der Waals surface area contributed by atoms with Crippen LogP contribution >= 0.6 is 23.2 Å². The number of nitrogens with zero attached hydrogens (tertiary/aromatic N) is 8. The van der Waals surface area contributed by atoms with Gasteiger partial charge in [-0.15, -0.1) is 5.10 Å². The lowest BCUT2D eigenvalue weighted by atomic mass is 10.1. The van der Waals surface area contributed by atoms with E-state index in [1.165, 1.54) is 17.1 Å². The molecule has 0 aliphatic rings. The molecule has 0 aliphatic carbocycles. The number of hydrogen-bond acceptors (Lipinski definition) is 9. The standard InChI is InChI=1S/C29H23Cl2N11O2/c1-17-13-34-22(14-33-17)15-35-26(44)11-23(29-38-27(28(31)39-29)19-4-2-18(12-32)3-5-19)37-25(43)9-6-20-10-21(30)7-8-24(20)42-16-36-40-41-42/h2-10,13-14,16,23H,11,15H2,1H3,(H,35,44)(H,37,43)(H,38,39)/b9-6+. The van der Waals surface area contributed by atoms with E-state index in [1.54, 1.807) is 60.9 Å². The molecule has 5 aromatic rings. The predicted molar refractivity (Wildman–Crippen MR) is 161 cm³/mol. The Morgan fingerprint density at radius 2 is 1.95 bits per heavy atom. The molecule has 5 rings (SSSR count). The number of imidazole rings is 1. The van der Waals surface area contributed by atoms with Gasteiger partial charge in [0.1, 0.15) is 23.0 Å². The van der Waals surface area contributed by atoms with Crippen LogP contribution in [0.2, 0.25) is 10.2 Å². The summed E-state index contributed by atoms with van der Waals surface area (Å²) in [5, 5.41) is 26.6. The fraction of sp³-hybridized carbons (Fsp3) is 0.138. The molecule has 0 radical (unpaired) electrons. The Bertz CT molecular complexity index is 1850. The van der Waals surface area contributed by atoms with Gasteiger partial charge in [0, 0.05) is 28.4 Å². The zero-order chi connectivity index (χ0) is 31.1. The first-order valence-electron chi connectivity index (χ1n) is 13.1. The van der Waals surface area contributed by atoms with Crippen molar-refractivity contribution in [3.63, 3.8) is 0 Å². The van der Waals surface area contributed by atoms with Crippen molar-refractivity contribution in [2.24, 2.45) is 0 Å². The number of benzene rings is 2. The Balaban J connectivity index is 1.37. The number of hydrogen-bond donors (Lipinski definition) is 3. The van der Waals surface area contributed by atoms with E-state index in [0.717, 1.165) is 5.69 Å². The van der Waals surface area contributed by atoms with E-state index in [-0.39, 0.29) is 29.9 Å². The molecule has 220 valence electrons. The number of H-pyrrole nitrogens is 1. The maximum atomic E-state index is 13.2. The Morgan fingerprint density at radius 3 is 2.66 bits per heavy atom. The van der Waals surface area contributed by atoms with Crippen LogP contribution in [-0.4, -0.2) is 52.0 Å². The number of aromatic nitrogens is 8. The number of nitrogens with one attached hydrogen (secondary N) is 3. The van der Waals surface area contributed by atoms with E-state index < -0.39 is 11.9 Å². The van der Waals surface area contributed by atoms with Gasteiger partial charge in [-0.25, -0.2) is 4.98 Å². The number of halogens is 2. The average Bonchev–Trinajstić information content (AvgIpc) is 3.70. The number of aryl methyl sites for hydroxylation is 1. The van der Waals surface area contributed by atoms with Crippen molar-refractivity contribution in [1.29, 1.82) is 5.26 Å². The summed E-state index contributed by atoms with van der Waals surface area (Å²) in [6.07, 6.45) is 7.31. The van der Waals surface area contributed by atoms with Gasteiger partial charge < -0.3 is 15.6 Å². The van der Waals surface area contributed by atoms with Crippen molar-refractivity contribution in [3.8, 4) is 23.0 Å². The van der Waals surface area contributed by atoms with E-state index in [2.05, 4.69) is 52.2 Å². The van der Waals surface area contributed by atoms with Crippen LogP contribution in [0.4, 0.5) is 0 Å². The SMILES string of the molecule is Cc1cnc(CNC(=O)CC(NC(=O)/C=C/c2cc(Cl)ccc2-n2cnnn2)c2nc(-c3ccc(C#N)cc3)c(Cl)[nH]2)cn1. The van der Waals surface area contributed by atoms with Crippen molar-refractivity contribution in [1.82, 2.24) is 50.8 Å². The molecule has 3 heterocycles. The van der Waals surface area contributed by atoms with Crippen LogP contribution in [0.25, 0.3) is 23.0 Å². The van der Waals surface area contributed by atoms with Crippen molar-refractivity contribution in [2.75, 3.05) is 0 Å². The van der Waals surface area contributed by atoms with Crippen LogP contribution in [-0.2, 0) is 16.1 Å². The second kappa shape index (κ2) is 13.7. The van der Waals surface area contributed by atoms with Gasteiger partial charge in [0.2, 0.25) is 11.8 Å². The summed E-state index contributed by atoms with van der Waals surface area (Å²) in [5.74, 6) is -0.620. The van der Waals surface area contributed by atoms with Crippen LogP contribution in [0.5, 0.6) is 0 Å². The van der Waals surface area contributed by atoms with Gasteiger partial charge >= 0.3 is 0 Å². The number of carbonyl (C=O) groups is 2. The van der Waals surface area contributed by atoms with Crippen molar-refractivity contribution < 1.29 is 9.59 Å². The lowest BCUT2D eigenvalue weighted by Crippen LogP contribution is -2.33. The van der Waals surface area contributed by atoms with E-state index >= 15 is 0 Å². The number of aromatic amines is 1. The minimum atomic E-state index is -0.890. The number of tetrazole rings is 1. The van der Waals surface area contributed by atoms with E-state index in [4.69, 9.17) is 28.5 Å². The number of rotatable bonds is 10. The van der Waals surface area contributed by atoms with E-state index in [1.807, 2.05) is 6.92 Å². The monoisotopic (exact) mass is 627 g/mol. The molecule has 1 atom stereocenters. The number of amides is 2. The zero-order valence-electron chi connectivity index (χ0n) is 23.1. The minimum Gasteiger partial charge on any atom is -0.350 e. The molecule has 0 fully saturated rings. The maximum absolute atomic E-state index is 13.2. The van der Waals surface area contributed by atoms with E-state index in [0.29, 0.717) is 38.8 Å². The van der Waals surface area contributed by atoms with Crippen LogP contribution < -0.4 is 10.6 Å².